The lowest BCUT2D eigenvalue weighted by atomic mass is 10.0. The molecule has 0 aliphatic carbocycles. The molecule has 96 valence electrons. The van der Waals surface area contributed by atoms with E-state index in [1.54, 1.807) is 11.3 Å². The van der Waals surface area contributed by atoms with Gasteiger partial charge in [0.1, 0.15) is 0 Å². The third-order valence-corrected chi connectivity index (χ3v) is 4.53. The van der Waals surface area contributed by atoms with Gasteiger partial charge in [0.25, 0.3) is 0 Å². The van der Waals surface area contributed by atoms with Crippen LogP contribution in [0.5, 0.6) is 0 Å². The summed E-state index contributed by atoms with van der Waals surface area (Å²) >= 11 is 10.1. The summed E-state index contributed by atoms with van der Waals surface area (Å²) in [5.74, 6) is -0.357. The zero-order chi connectivity index (χ0) is 13.3. The van der Waals surface area contributed by atoms with E-state index in [4.69, 9.17) is 17.0 Å². The number of methoxy groups -OCH3 is 1. The molecule has 0 bridgehead atoms. The number of allylic oxidation sites excluding steroid dienone is 1. The number of ether oxygens (including phenoxy) is 1. The summed E-state index contributed by atoms with van der Waals surface area (Å²) in [6.07, 6.45) is 0. The summed E-state index contributed by atoms with van der Waals surface area (Å²) in [5.41, 5.74) is 1.28. The molecule has 4 nitrogen and oxygen atoms in total. The fourth-order valence-corrected chi connectivity index (χ4v) is 3.54. The van der Waals surface area contributed by atoms with Gasteiger partial charge >= 0.3 is 5.97 Å². The monoisotopic (exact) mass is 346 g/mol. The Balaban J connectivity index is 2.45. The molecule has 2 N–H and O–H groups in total. The molecular weight excluding hydrogens is 336 g/mol. The van der Waals surface area contributed by atoms with Gasteiger partial charge in [-0.05, 0) is 41.1 Å². The van der Waals surface area contributed by atoms with Gasteiger partial charge in [0.05, 0.1) is 18.7 Å². The fraction of sp³-hybridized carbons (Fsp3) is 0.273. The van der Waals surface area contributed by atoms with Crippen molar-refractivity contribution in [2.75, 3.05) is 7.11 Å². The molecule has 1 aliphatic heterocycles. The number of hydrogen-bond donors (Lipinski definition) is 2. The standard InChI is InChI=1S/C11H11BrN2O2S2/c1-5-8(10(15)16-2)9(14-11(17)13-5)7-3-6(12)4-18-7/h3-4,9H,1-2H3,(H2,13,14,17)/t9-/m0/s1. The maximum absolute atomic E-state index is 11.9. The van der Waals surface area contributed by atoms with E-state index in [0.717, 1.165) is 15.0 Å². The Morgan fingerprint density at radius 3 is 2.89 bits per heavy atom. The van der Waals surface area contributed by atoms with E-state index in [-0.39, 0.29) is 12.0 Å². The van der Waals surface area contributed by atoms with Gasteiger partial charge in [0, 0.05) is 20.4 Å². The highest BCUT2D eigenvalue weighted by molar-refractivity contribution is 9.10. The van der Waals surface area contributed by atoms with Crippen molar-refractivity contribution in [3.05, 3.63) is 32.1 Å². The fourth-order valence-electron chi connectivity index (χ4n) is 1.77. The van der Waals surface area contributed by atoms with E-state index in [9.17, 15) is 4.79 Å². The van der Waals surface area contributed by atoms with Crippen LogP contribution in [0.4, 0.5) is 0 Å². The lowest BCUT2D eigenvalue weighted by Gasteiger charge is -2.28. The molecule has 7 heteroatoms. The van der Waals surface area contributed by atoms with Crippen molar-refractivity contribution in [3.8, 4) is 0 Å². The van der Waals surface area contributed by atoms with E-state index >= 15 is 0 Å². The molecule has 0 spiro atoms. The van der Waals surface area contributed by atoms with Crippen LogP contribution in [0, 0.1) is 0 Å². The molecule has 0 aromatic carbocycles. The van der Waals surface area contributed by atoms with E-state index in [2.05, 4.69) is 26.6 Å². The smallest absolute Gasteiger partial charge is 0.337 e. The first-order chi connectivity index (χ1) is 8.52. The van der Waals surface area contributed by atoms with E-state index < -0.39 is 0 Å². The summed E-state index contributed by atoms with van der Waals surface area (Å²) < 4.78 is 5.81. The molecule has 0 unspecified atom stereocenters. The van der Waals surface area contributed by atoms with Crippen LogP contribution in [0.25, 0.3) is 0 Å². The molecule has 18 heavy (non-hydrogen) atoms. The van der Waals surface area contributed by atoms with Crippen molar-refractivity contribution < 1.29 is 9.53 Å². The van der Waals surface area contributed by atoms with Crippen LogP contribution in [0.15, 0.2) is 27.2 Å². The maximum atomic E-state index is 11.9. The molecule has 2 heterocycles. The molecule has 0 fully saturated rings. The van der Waals surface area contributed by atoms with Crippen molar-refractivity contribution in [3.63, 3.8) is 0 Å². The van der Waals surface area contributed by atoms with Crippen LogP contribution in [-0.4, -0.2) is 18.2 Å². The van der Waals surface area contributed by atoms with Gasteiger partial charge in [-0.25, -0.2) is 4.79 Å². The number of carbonyl (C=O) groups is 1. The normalized spacial score (nSPS) is 19.3. The van der Waals surface area contributed by atoms with E-state index in [1.165, 1.54) is 7.11 Å². The third kappa shape index (κ3) is 2.57. The SMILES string of the molecule is COC(=O)C1=C(C)NC(=S)N[C@H]1c1cc(Br)cs1. The summed E-state index contributed by atoms with van der Waals surface area (Å²) in [5, 5.41) is 8.51. The highest BCUT2D eigenvalue weighted by atomic mass is 79.9. The van der Waals surface area contributed by atoms with Crippen molar-refractivity contribution in [2.24, 2.45) is 0 Å². The molecule has 2 rings (SSSR count). The van der Waals surface area contributed by atoms with Crippen molar-refractivity contribution in [1.29, 1.82) is 0 Å². The highest BCUT2D eigenvalue weighted by Gasteiger charge is 2.31. The number of rotatable bonds is 2. The lowest BCUT2D eigenvalue weighted by Crippen LogP contribution is -2.44. The number of nitrogens with one attached hydrogen (secondary N) is 2. The molecule has 1 aromatic rings. The predicted octanol–water partition coefficient (Wildman–Crippen LogP) is 2.48. The van der Waals surface area contributed by atoms with Crippen LogP contribution < -0.4 is 10.6 Å². The predicted molar refractivity (Wildman–Crippen MR) is 78.3 cm³/mol. The molecule has 0 radical (unpaired) electrons. The minimum absolute atomic E-state index is 0.262. The zero-order valence-corrected chi connectivity index (χ0v) is 13.0. The second-order valence-electron chi connectivity index (χ2n) is 3.73. The maximum Gasteiger partial charge on any atom is 0.337 e. The number of carbonyl (C=O) groups excluding carboxylic acids is 1. The van der Waals surface area contributed by atoms with Gasteiger partial charge in [-0.15, -0.1) is 11.3 Å². The largest absolute Gasteiger partial charge is 0.466 e. The molecule has 1 aliphatic rings. The highest BCUT2D eigenvalue weighted by Crippen LogP contribution is 2.33. The number of esters is 1. The van der Waals surface area contributed by atoms with Crippen LogP contribution >= 0.6 is 39.5 Å². The average Bonchev–Trinajstić information content (AvgIpc) is 2.74. The first kappa shape index (κ1) is 13.5. The topological polar surface area (TPSA) is 50.4 Å². The second-order valence-corrected chi connectivity index (χ2v) is 6.00. The second kappa shape index (κ2) is 5.38. The number of halogens is 1. The molecule has 1 aromatic heterocycles. The molecule has 0 saturated heterocycles. The van der Waals surface area contributed by atoms with Gasteiger partial charge in [0.2, 0.25) is 0 Å². The van der Waals surface area contributed by atoms with Gasteiger partial charge in [0.15, 0.2) is 5.11 Å². The van der Waals surface area contributed by atoms with Gasteiger partial charge in [-0.1, -0.05) is 0 Å². The number of thiocarbonyl (C=S) groups is 1. The molecule has 1 atom stereocenters. The van der Waals surface area contributed by atoms with E-state index in [1.807, 2.05) is 18.4 Å². The van der Waals surface area contributed by atoms with Crippen LogP contribution in [0.3, 0.4) is 0 Å². The number of hydrogen-bond acceptors (Lipinski definition) is 4. The van der Waals surface area contributed by atoms with Crippen LogP contribution in [-0.2, 0) is 9.53 Å². The van der Waals surface area contributed by atoms with Gasteiger partial charge in [-0.2, -0.15) is 0 Å². The minimum atomic E-state index is -0.357. The number of thiophene rings is 1. The summed E-state index contributed by atoms with van der Waals surface area (Å²) in [6.45, 7) is 1.81. The van der Waals surface area contributed by atoms with Gasteiger partial charge < -0.3 is 15.4 Å². The van der Waals surface area contributed by atoms with Crippen molar-refractivity contribution >= 4 is 50.6 Å². The Labute approximate surface area is 123 Å². The Morgan fingerprint density at radius 2 is 2.33 bits per heavy atom. The van der Waals surface area contributed by atoms with Crippen molar-refractivity contribution in [1.82, 2.24) is 10.6 Å². The Morgan fingerprint density at radius 1 is 1.61 bits per heavy atom. The first-order valence-electron chi connectivity index (χ1n) is 5.13. The van der Waals surface area contributed by atoms with Gasteiger partial charge in [-0.3, -0.25) is 0 Å². The minimum Gasteiger partial charge on any atom is -0.466 e. The Hall–Kier alpha value is -0.920. The average molecular weight is 347 g/mol. The lowest BCUT2D eigenvalue weighted by molar-refractivity contribution is -0.136. The third-order valence-electron chi connectivity index (χ3n) is 2.55. The summed E-state index contributed by atoms with van der Waals surface area (Å²) in [7, 11) is 1.37. The zero-order valence-electron chi connectivity index (χ0n) is 9.74. The van der Waals surface area contributed by atoms with Crippen molar-refractivity contribution in [2.45, 2.75) is 13.0 Å². The Bertz CT molecular complexity index is 539. The first-order valence-corrected chi connectivity index (χ1v) is 7.21. The summed E-state index contributed by atoms with van der Waals surface area (Å²) in [4.78, 5) is 12.9. The molecular formula is C11H11BrN2O2S2. The van der Waals surface area contributed by atoms with Crippen LogP contribution in [0.2, 0.25) is 0 Å². The Kier molecular flexibility index (Phi) is 4.04. The summed E-state index contributed by atoms with van der Waals surface area (Å²) in [6, 6.07) is 1.70. The van der Waals surface area contributed by atoms with Crippen LogP contribution in [0.1, 0.15) is 17.8 Å². The van der Waals surface area contributed by atoms with E-state index in [0.29, 0.717) is 10.7 Å². The quantitative estimate of drug-likeness (QED) is 0.636. The molecule has 0 saturated carbocycles. The molecule has 0 amide bonds.